The fourth-order valence-electron chi connectivity index (χ4n) is 2.66. The van der Waals surface area contributed by atoms with Gasteiger partial charge in [-0.05, 0) is 48.8 Å². The molecule has 39 heavy (non-hydrogen) atoms. The second-order valence-electron chi connectivity index (χ2n) is 10.2. The molecule has 2 N–H and O–H groups in total. The van der Waals surface area contributed by atoms with Crippen molar-refractivity contribution in [3.8, 4) is 11.5 Å². The summed E-state index contributed by atoms with van der Waals surface area (Å²) >= 11 is 0. The van der Waals surface area contributed by atoms with E-state index in [1.54, 1.807) is 13.0 Å². The lowest BCUT2D eigenvalue weighted by molar-refractivity contribution is -0.148. The lowest BCUT2D eigenvalue weighted by Crippen LogP contribution is -2.36. The Hall–Kier alpha value is -3.54. The monoisotopic (exact) mass is 555 g/mol. The zero-order valence-electron chi connectivity index (χ0n) is 23.7. The molecule has 0 saturated carbocycles. The first kappa shape index (κ1) is 33.5. The molecule has 0 fully saturated rings. The van der Waals surface area contributed by atoms with Gasteiger partial charge in [0.05, 0.1) is 19.8 Å². The van der Waals surface area contributed by atoms with Crippen LogP contribution in [0.3, 0.4) is 0 Å². The number of hydrogen-bond donors (Lipinski definition) is 1. The molecule has 2 atom stereocenters. The Bertz CT molecular complexity index is 946. The highest BCUT2D eigenvalue weighted by molar-refractivity contribution is 5.76. The van der Waals surface area contributed by atoms with E-state index in [0.717, 1.165) is 0 Å². The molecule has 0 spiro atoms. The molecule has 220 valence electrons. The third-order valence-corrected chi connectivity index (χ3v) is 4.51. The van der Waals surface area contributed by atoms with Crippen LogP contribution in [0.4, 0.5) is 14.4 Å². The first-order valence-electron chi connectivity index (χ1n) is 12.8. The van der Waals surface area contributed by atoms with Crippen molar-refractivity contribution in [2.45, 2.75) is 67.0 Å². The number of ether oxygens (including phenoxy) is 7. The van der Waals surface area contributed by atoms with E-state index in [1.165, 1.54) is 12.1 Å². The van der Waals surface area contributed by atoms with E-state index >= 15 is 0 Å². The molecule has 0 bridgehead atoms. The van der Waals surface area contributed by atoms with E-state index in [1.807, 2.05) is 41.5 Å². The van der Waals surface area contributed by atoms with Gasteiger partial charge in [-0.3, -0.25) is 4.79 Å². The maximum atomic E-state index is 12.4. The average molecular weight is 556 g/mol. The van der Waals surface area contributed by atoms with Gasteiger partial charge >= 0.3 is 24.4 Å². The zero-order chi connectivity index (χ0) is 29.5. The fourth-order valence-corrected chi connectivity index (χ4v) is 2.66. The molecule has 0 aliphatic rings. The highest BCUT2D eigenvalue weighted by Crippen LogP contribution is 2.30. The summed E-state index contributed by atoms with van der Waals surface area (Å²) in [6, 6.07) is 3.23. The predicted molar refractivity (Wildman–Crippen MR) is 139 cm³/mol. The van der Waals surface area contributed by atoms with Crippen LogP contribution in [0.1, 0.15) is 54.0 Å². The maximum Gasteiger partial charge on any atom is 0.513 e. The van der Waals surface area contributed by atoms with Gasteiger partial charge in [0.2, 0.25) is 0 Å². The second-order valence-corrected chi connectivity index (χ2v) is 10.2. The molecule has 1 rings (SSSR count). The van der Waals surface area contributed by atoms with Gasteiger partial charge in [-0.1, -0.05) is 47.6 Å². The van der Waals surface area contributed by atoms with Crippen LogP contribution in [0.25, 0.3) is 0 Å². The smallest absolute Gasteiger partial charge is 0.461 e. The molecule has 0 unspecified atom stereocenters. The molecule has 1 aromatic rings. The Kier molecular flexibility index (Phi) is 14.7. The van der Waals surface area contributed by atoms with Crippen molar-refractivity contribution >= 4 is 24.4 Å². The molecule has 0 aliphatic heterocycles. The van der Waals surface area contributed by atoms with Gasteiger partial charge in [-0.2, -0.15) is 0 Å². The van der Waals surface area contributed by atoms with Crippen LogP contribution in [0.2, 0.25) is 0 Å². The molecule has 12 nitrogen and oxygen atoms in total. The summed E-state index contributed by atoms with van der Waals surface area (Å²) in [6.45, 7) is 13.0. The Morgan fingerprint density at radius 1 is 0.667 bits per heavy atom. The van der Waals surface area contributed by atoms with Crippen LogP contribution >= 0.6 is 0 Å². The second kappa shape index (κ2) is 17.1. The van der Waals surface area contributed by atoms with Gasteiger partial charge in [0.15, 0.2) is 11.5 Å². The van der Waals surface area contributed by atoms with Crippen molar-refractivity contribution in [2.75, 3.05) is 26.4 Å². The minimum atomic E-state index is -1.09. The molecule has 0 aliphatic carbocycles. The minimum Gasteiger partial charge on any atom is -0.461 e. The van der Waals surface area contributed by atoms with Crippen molar-refractivity contribution in [1.82, 2.24) is 0 Å². The van der Waals surface area contributed by atoms with E-state index in [0.29, 0.717) is 5.56 Å². The van der Waals surface area contributed by atoms with E-state index in [-0.39, 0.29) is 62.1 Å². The van der Waals surface area contributed by atoms with Crippen molar-refractivity contribution in [3.63, 3.8) is 0 Å². The summed E-state index contributed by atoms with van der Waals surface area (Å²) < 4.78 is 35.6. The van der Waals surface area contributed by atoms with Crippen LogP contribution in [-0.2, 0) is 34.9 Å². The minimum absolute atomic E-state index is 0.0000208. The first-order valence-corrected chi connectivity index (χ1v) is 12.8. The van der Waals surface area contributed by atoms with Gasteiger partial charge in [0.1, 0.15) is 18.8 Å². The van der Waals surface area contributed by atoms with Gasteiger partial charge in [0, 0.05) is 0 Å². The topological polar surface area (TPSA) is 159 Å². The van der Waals surface area contributed by atoms with Crippen LogP contribution in [0.15, 0.2) is 18.2 Å². The summed E-state index contributed by atoms with van der Waals surface area (Å²) in [6.07, 6.45) is -3.57. The van der Waals surface area contributed by atoms with Crippen LogP contribution in [-0.4, -0.2) is 63.0 Å². The number of esters is 1. The van der Waals surface area contributed by atoms with Gasteiger partial charge < -0.3 is 38.9 Å². The Morgan fingerprint density at radius 2 is 1.15 bits per heavy atom. The summed E-state index contributed by atoms with van der Waals surface area (Å²) in [5.41, 5.74) is 6.47. The Balaban J connectivity index is 2.81. The maximum absolute atomic E-state index is 12.4. The average Bonchev–Trinajstić information content (AvgIpc) is 2.85. The number of nitrogens with two attached hydrogens (primary N) is 1. The van der Waals surface area contributed by atoms with E-state index in [9.17, 15) is 19.2 Å². The normalized spacial score (nSPS) is 12.5. The quantitative estimate of drug-likeness (QED) is 0.193. The van der Waals surface area contributed by atoms with Crippen molar-refractivity contribution in [3.05, 3.63) is 23.8 Å². The molecular formula is C27H41NO11. The summed E-state index contributed by atoms with van der Waals surface area (Å²) in [7, 11) is 0. The SMILES string of the molecule is CC(C)COC(=O)Oc1ccc(C[C@H](N)C(=O)OC[C@H](C)OC(=O)OCC(C)C)cc1OC(=O)OCC(C)C. The van der Waals surface area contributed by atoms with E-state index in [2.05, 4.69) is 0 Å². The standard InChI is InChI=1S/C27H41NO11/c1-16(2)12-34-25(30)37-19(7)15-33-24(29)21(28)10-20-8-9-22(38-26(31)35-13-17(3)4)23(11-20)39-27(32)36-14-18(5)6/h8-9,11,16-19,21H,10,12-15,28H2,1-7H3/t19-,21-/m0/s1. The first-order chi connectivity index (χ1) is 18.3. The van der Waals surface area contributed by atoms with Gasteiger partial charge in [-0.25, -0.2) is 14.4 Å². The number of rotatable bonds is 14. The lowest BCUT2D eigenvalue weighted by atomic mass is 10.1. The summed E-state index contributed by atoms with van der Waals surface area (Å²) in [5.74, 6) is -0.618. The molecule has 0 heterocycles. The van der Waals surface area contributed by atoms with Gasteiger partial charge in [-0.15, -0.1) is 0 Å². The predicted octanol–water partition coefficient (Wildman–Crippen LogP) is 4.64. The molecule has 0 radical (unpaired) electrons. The van der Waals surface area contributed by atoms with Gasteiger partial charge in [0.25, 0.3) is 0 Å². The third kappa shape index (κ3) is 14.8. The van der Waals surface area contributed by atoms with Crippen LogP contribution in [0.5, 0.6) is 11.5 Å². The number of hydrogen-bond acceptors (Lipinski definition) is 12. The summed E-state index contributed by atoms with van der Waals surface area (Å²) in [5, 5.41) is 0. The highest BCUT2D eigenvalue weighted by Gasteiger charge is 2.22. The number of carbonyl (C=O) groups excluding carboxylic acids is 4. The van der Waals surface area contributed by atoms with Crippen molar-refractivity contribution < 1.29 is 52.3 Å². The summed E-state index contributed by atoms with van der Waals surface area (Å²) in [4.78, 5) is 48.2. The molecule has 0 amide bonds. The molecule has 0 aromatic heterocycles. The van der Waals surface area contributed by atoms with E-state index < -0.39 is 36.6 Å². The molecular weight excluding hydrogens is 514 g/mol. The third-order valence-electron chi connectivity index (χ3n) is 4.51. The van der Waals surface area contributed by atoms with E-state index in [4.69, 9.17) is 38.9 Å². The zero-order valence-corrected chi connectivity index (χ0v) is 23.7. The highest BCUT2D eigenvalue weighted by atomic mass is 16.7. The van der Waals surface area contributed by atoms with Crippen molar-refractivity contribution in [1.29, 1.82) is 0 Å². The number of benzene rings is 1. The van der Waals surface area contributed by atoms with Crippen LogP contribution in [0, 0.1) is 17.8 Å². The van der Waals surface area contributed by atoms with Crippen molar-refractivity contribution in [2.24, 2.45) is 23.5 Å². The molecule has 12 heteroatoms. The molecule has 0 saturated heterocycles. The lowest BCUT2D eigenvalue weighted by Gasteiger charge is -2.17. The Labute approximate surface area is 229 Å². The molecule has 1 aromatic carbocycles. The van der Waals surface area contributed by atoms with Crippen LogP contribution < -0.4 is 15.2 Å². The number of carbonyl (C=O) groups is 4. The Morgan fingerprint density at radius 3 is 1.67 bits per heavy atom. The largest absolute Gasteiger partial charge is 0.513 e. The fraction of sp³-hybridized carbons (Fsp3) is 0.630.